The summed E-state index contributed by atoms with van der Waals surface area (Å²) in [6.45, 7) is 3.63. The number of H-pyrrole nitrogens is 1. The highest BCUT2D eigenvalue weighted by Crippen LogP contribution is 2.31. The van der Waals surface area contributed by atoms with E-state index in [2.05, 4.69) is 4.98 Å². The first-order valence-electron chi connectivity index (χ1n) is 12.3. The van der Waals surface area contributed by atoms with Gasteiger partial charge in [-0.25, -0.2) is 4.39 Å². The smallest absolute Gasteiger partial charge is 0.294 e. The summed E-state index contributed by atoms with van der Waals surface area (Å²) in [5.41, 5.74) is 2.32. The molecular weight excluding hydrogens is 461 g/mol. The van der Waals surface area contributed by atoms with Gasteiger partial charge < -0.3 is 19.5 Å². The molecule has 1 aliphatic rings. The van der Waals surface area contributed by atoms with Crippen LogP contribution in [0.3, 0.4) is 0 Å². The highest BCUT2D eigenvalue weighted by molar-refractivity contribution is 6.44. The fraction of sp³-hybridized carbons (Fsp3) is 0.393. The maximum absolute atomic E-state index is 13.5. The Morgan fingerprint density at radius 2 is 1.81 bits per heavy atom. The van der Waals surface area contributed by atoms with E-state index in [0.717, 1.165) is 31.2 Å². The lowest BCUT2D eigenvalue weighted by Gasteiger charge is -2.32. The van der Waals surface area contributed by atoms with Crippen LogP contribution < -0.4 is 4.74 Å². The second-order valence-corrected chi connectivity index (χ2v) is 9.42. The molecular formula is C28H32FN3O4. The maximum Gasteiger partial charge on any atom is 0.294 e. The van der Waals surface area contributed by atoms with E-state index in [-0.39, 0.29) is 17.3 Å². The summed E-state index contributed by atoms with van der Waals surface area (Å²) >= 11 is 0. The first-order chi connectivity index (χ1) is 17.3. The van der Waals surface area contributed by atoms with Gasteiger partial charge in [-0.2, -0.15) is 0 Å². The number of likely N-dealkylation sites (N-methyl/N-ethyl adjacent to an activating group) is 1. The Balaban J connectivity index is 1.51. The summed E-state index contributed by atoms with van der Waals surface area (Å²) in [4.78, 5) is 45.2. The van der Waals surface area contributed by atoms with E-state index < -0.39 is 11.7 Å². The number of carbonyl (C=O) groups excluding carboxylic acids is 3. The summed E-state index contributed by atoms with van der Waals surface area (Å²) in [7, 11) is 3.11. The lowest BCUT2D eigenvalue weighted by Crippen LogP contribution is -2.39. The number of methoxy groups -OCH3 is 1. The molecule has 0 spiro atoms. The topological polar surface area (TPSA) is 82.7 Å². The predicted octanol–water partition coefficient (Wildman–Crippen LogP) is 4.46. The normalized spacial score (nSPS) is 14.2. The summed E-state index contributed by atoms with van der Waals surface area (Å²) in [6, 6.07) is 9.93. The Kier molecular flexibility index (Phi) is 7.72. The molecule has 2 aromatic carbocycles. The molecule has 2 heterocycles. The van der Waals surface area contributed by atoms with E-state index >= 15 is 0 Å². The molecule has 36 heavy (non-hydrogen) atoms. The second kappa shape index (κ2) is 10.9. The summed E-state index contributed by atoms with van der Waals surface area (Å²) in [5, 5.41) is 0.522. The minimum absolute atomic E-state index is 0.164. The van der Waals surface area contributed by atoms with Crippen molar-refractivity contribution in [3.05, 3.63) is 65.1 Å². The fourth-order valence-corrected chi connectivity index (χ4v) is 4.86. The average Bonchev–Trinajstić information content (AvgIpc) is 3.31. The van der Waals surface area contributed by atoms with Gasteiger partial charge in [-0.1, -0.05) is 19.1 Å². The maximum atomic E-state index is 13.5. The van der Waals surface area contributed by atoms with Crippen LogP contribution in [0.1, 0.15) is 52.5 Å². The van der Waals surface area contributed by atoms with Gasteiger partial charge in [0.05, 0.1) is 18.2 Å². The van der Waals surface area contributed by atoms with Crippen molar-refractivity contribution in [1.82, 2.24) is 14.8 Å². The Hall–Kier alpha value is -3.68. The third kappa shape index (κ3) is 5.27. The number of benzene rings is 2. The van der Waals surface area contributed by atoms with Crippen molar-refractivity contribution < 1.29 is 23.5 Å². The number of ketones is 1. The molecule has 2 amide bonds. The zero-order valence-corrected chi connectivity index (χ0v) is 21.0. The quantitative estimate of drug-likeness (QED) is 0.371. The van der Waals surface area contributed by atoms with E-state index in [0.29, 0.717) is 47.8 Å². The number of Topliss-reactive ketones (excluding diaryl/α,β-unsaturated/α-hetero) is 1. The van der Waals surface area contributed by atoms with Crippen molar-refractivity contribution >= 4 is 28.5 Å². The molecule has 0 unspecified atom stereocenters. The molecule has 0 bridgehead atoms. The summed E-state index contributed by atoms with van der Waals surface area (Å²) in [5.74, 6) is -0.759. The van der Waals surface area contributed by atoms with Gasteiger partial charge in [-0.3, -0.25) is 14.4 Å². The second-order valence-electron chi connectivity index (χ2n) is 9.42. The van der Waals surface area contributed by atoms with Crippen molar-refractivity contribution in [2.75, 3.05) is 33.8 Å². The first-order valence-corrected chi connectivity index (χ1v) is 12.3. The van der Waals surface area contributed by atoms with Crippen molar-refractivity contribution in [3.8, 4) is 5.75 Å². The van der Waals surface area contributed by atoms with Crippen LogP contribution in [0.4, 0.5) is 4.39 Å². The SMILES string of the molecule is CCCN(C)C(=O)C(=O)c1c[nH]c2cc(OC)c(C(=O)N3CCC(Cc4ccc(F)cc4)CC3)cc12. The van der Waals surface area contributed by atoms with Crippen LogP contribution in [-0.2, 0) is 11.2 Å². The Bertz CT molecular complexity index is 1260. The molecule has 1 N–H and O–H groups in total. The van der Waals surface area contributed by atoms with Gasteiger partial charge in [0.25, 0.3) is 17.6 Å². The first kappa shape index (κ1) is 25.4. The number of likely N-dealkylation sites (tertiary alicyclic amines) is 1. The fourth-order valence-electron chi connectivity index (χ4n) is 4.86. The van der Waals surface area contributed by atoms with Crippen molar-refractivity contribution in [1.29, 1.82) is 0 Å². The molecule has 0 aliphatic carbocycles. The molecule has 1 aliphatic heterocycles. The molecule has 1 saturated heterocycles. The molecule has 0 atom stereocenters. The van der Waals surface area contributed by atoms with Crippen LogP contribution in [0.15, 0.2) is 42.6 Å². The summed E-state index contributed by atoms with van der Waals surface area (Å²) in [6.07, 6.45) is 4.81. The average molecular weight is 494 g/mol. The van der Waals surface area contributed by atoms with Gasteiger partial charge >= 0.3 is 0 Å². The van der Waals surface area contributed by atoms with Crippen molar-refractivity contribution in [2.45, 2.75) is 32.6 Å². The van der Waals surface area contributed by atoms with Crippen LogP contribution in [-0.4, -0.2) is 66.2 Å². The number of piperidine rings is 1. The lowest BCUT2D eigenvalue weighted by atomic mass is 9.90. The van der Waals surface area contributed by atoms with Gasteiger partial charge in [0.2, 0.25) is 0 Å². The molecule has 8 heteroatoms. The molecule has 7 nitrogen and oxygen atoms in total. The number of amides is 2. The van der Waals surface area contributed by atoms with Crippen LogP contribution >= 0.6 is 0 Å². The zero-order chi connectivity index (χ0) is 25.8. The van der Waals surface area contributed by atoms with Gasteiger partial charge in [-0.05, 0) is 55.4 Å². The standard InChI is InChI=1S/C28H32FN3O4/c1-4-11-31(2)28(35)26(33)23-17-30-24-16-25(36-3)22(15-21(23)24)27(34)32-12-9-19(10-13-32)14-18-5-7-20(29)8-6-18/h5-8,15-17,19,30H,4,9-14H2,1-3H3. The monoisotopic (exact) mass is 493 g/mol. The highest BCUT2D eigenvalue weighted by atomic mass is 19.1. The number of hydrogen-bond donors (Lipinski definition) is 1. The number of hydrogen-bond acceptors (Lipinski definition) is 4. The van der Waals surface area contributed by atoms with E-state index in [4.69, 9.17) is 4.74 Å². The number of aromatic amines is 1. The van der Waals surface area contributed by atoms with Crippen LogP contribution in [0.2, 0.25) is 0 Å². The summed E-state index contributed by atoms with van der Waals surface area (Å²) < 4.78 is 18.7. The van der Waals surface area contributed by atoms with Gasteiger partial charge in [0.15, 0.2) is 0 Å². The third-order valence-corrected chi connectivity index (χ3v) is 6.92. The van der Waals surface area contributed by atoms with E-state index in [1.54, 1.807) is 24.1 Å². The number of ether oxygens (including phenoxy) is 1. The number of halogens is 1. The third-order valence-electron chi connectivity index (χ3n) is 6.92. The predicted molar refractivity (Wildman–Crippen MR) is 136 cm³/mol. The van der Waals surface area contributed by atoms with E-state index in [1.807, 2.05) is 19.1 Å². The van der Waals surface area contributed by atoms with Crippen LogP contribution in [0.25, 0.3) is 10.9 Å². The minimum Gasteiger partial charge on any atom is -0.496 e. The molecule has 190 valence electrons. The van der Waals surface area contributed by atoms with Crippen LogP contribution in [0.5, 0.6) is 5.75 Å². The number of rotatable bonds is 8. The van der Waals surface area contributed by atoms with E-state index in [9.17, 15) is 18.8 Å². The minimum atomic E-state index is -0.609. The van der Waals surface area contributed by atoms with Crippen molar-refractivity contribution in [2.24, 2.45) is 5.92 Å². The molecule has 1 fully saturated rings. The largest absolute Gasteiger partial charge is 0.496 e. The zero-order valence-electron chi connectivity index (χ0n) is 21.0. The molecule has 1 aromatic heterocycles. The van der Waals surface area contributed by atoms with Crippen LogP contribution in [0, 0.1) is 11.7 Å². The Labute approximate surface area is 210 Å². The number of carbonyl (C=O) groups is 3. The highest BCUT2D eigenvalue weighted by Gasteiger charge is 2.28. The van der Waals surface area contributed by atoms with E-state index in [1.165, 1.54) is 30.3 Å². The lowest BCUT2D eigenvalue weighted by molar-refractivity contribution is -0.125. The molecule has 4 rings (SSSR count). The molecule has 0 saturated carbocycles. The molecule has 0 radical (unpaired) electrons. The Morgan fingerprint density at radius 1 is 1.11 bits per heavy atom. The number of fused-ring (bicyclic) bond motifs is 1. The number of nitrogens with zero attached hydrogens (tertiary/aromatic N) is 2. The molecule has 3 aromatic rings. The Morgan fingerprint density at radius 3 is 2.44 bits per heavy atom. The number of nitrogens with one attached hydrogen (secondary N) is 1. The van der Waals surface area contributed by atoms with Gasteiger partial charge in [0.1, 0.15) is 11.6 Å². The van der Waals surface area contributed by atoms with Gasteiger partial charge in [-0.15, -0.1) is 0 Å². The van der Waals surface area contributed by atoms with Gasteiger partial charge in [0, 0.05) is 49.8 Å². The number of aromatic nitrogens is 1. The van der Waals surface area contributed by atoms with Crippen molar-refractivity contribution in [3.63, 3.8) is 0 Å².